The van der Waals surface area contributed by atoms with Crippen molar-refractivity contribution in [1.29, 1.82) is 0 Å². The van der Waals surface area contributed by atoms with Gasteiger partial charge >= 0.3 is 0 Å². The Balaban J connectivity index is 1.45. The molecule has 0 bridgehead atoms. The van der Waals surface area contributed by atoms with Gasteiger partial charge in [-0.2, -0.15) is 0 Å². The van der Waals surface area contributed by atoms with Crippen molar-refractivity contribution in [1.82, 2.24) is 4.57 Å². The standard InChI is InChI=1S/C27H21N3O4/c1-16-12-18(17(2)29(16)20-6-5-7-21(14-20)30(33)34)15-28-19-10-11-24-25(13-19)27(32)23-9-4-3-8-22(23)26(24)31/h3-15,24-25H,1-2H3/t24-,25+/m1/s1. The summed E-state index contributed by atoms with van der Waals surface area (Å²) in [5, 5.41) is 11.2. The Bertz CT molecular complexity index is 1460. The van der Waals surface area contributed by atoms with Crippen molar-refractivity contribution < 1.29 is 14.5 Å². The van der Waals surface area contributed by atoms with Crippen LogP contribution in [0.1, 0.15) is 37.7 Å². The van der Waals surface area contributed by atoms with E-state index in [0.29, 0.717) is 22.5 Å². The lowest BCUT2D eigenvalue weighted by atomic mass is 9.72. The van der Waals surface area contributed by atoms with Gasteiger partial charge < -0.3 is 4.57 Å². The topological polar surface area (TPSA) is 94.6 Å². The van der Waals surface area contributed by atoms with Crippen molar-refractivity contribution in [2.45, 2.75) is 13.8 Å². The average Bonchev–Trinajstić information content (AvgIpc) is 3.13. The Morgan fingerprint density at radius 1 is 0.971 bits per heavy atom. The van der Waals surface area contributed by atoms with Crippen LogP contribution in [0.4, 0.5) is 5.69 Å². The number of benzene rings is 2. The number of fused-ring (bicyclic) bond motifs is 2. The van der Waals surface area contributed by atoms with Gasteiger partial charge in [0.05, 0.1) is 28.1 Å². The first-order valence-electron chi connectivity index (χ1n) is 10.9. The zero-order valence-corrected chi connectivity index (χ0v) is 18.6. The highest BCUT2D eigenvalue weighted by Crippen LogP contribution is 2.35. The predicted octanol–water partition coefficient (Wildman–Crippen LogP) is 5.19. The number of allylic oxidation sites excluding steroid dienone is 3. The molecule has 0 saturated carbocycles. The number of Topliss-reactive ketones (excluding diaryl/α,β-unsaturated/α-hetero) is 2. The van der Waals surface area contributed by atoms with Crippen molar-refractivity contribution in [3.8, 4) is 5.69 Å². The first kappa shape index (κ1) is 21.5. The second kappa shape index (κ2) is 8.19. The van der Waals surface area contributed by atoms with Crippen molar-refractivity contribution in [2.24, 2.45) is 16.8 Å². The quantitative estimate of drug-likeness (QED) is 0.310. The summed E-state index contributed by atoms with van der Waals surface area (Å²) in [7, 11) is 0. The summed E-state index contributed by atoms with van der Waals surface area (Å²) in [6, 6.07) is 15.4. The highest BCUT2D eigenvalue weighted by atomic mass is 16.6. The molecule has 1 heterocycles. The van der Waals surface area contributed by atoms with E-state index in [1.807, 2.05) is 30.5 Å². The maximum atomic E-state index is 13.0. The third-order valence-corrected chi connectivity index (χ3v) is 6.40. The van der Waals surface area contributed by atoms with E-state index in [1.54, 1.807) is 54.8 Å². The second-order valence-corrected chi connectivity index (χ2v) is 8.47. The number of carbonyl (C=O) groups excluding carboxylic acids is 2. The first-order chi connectivity index (χ1) is 16.3. The van der Waals surface area contributed by atoms with Crippen LogP contribution in [0.2, 0.25) is 0 Å². The van der Waals surface area contributed by atoms with Gasteiger partial charge in [-0.25, -0.2) is 0 Å². The number of ketones is 2. The summed E-state index contributed by atoms with van der Waals surface area (Å²) >= 11 is 0. The van der Waals surface area contributed by atoms with E-state index >= 15 is 0 Å². The molecule has 5 rings (SSSR count). The van der Waals surface area contributed by atoms with Crippen LogP contribution < -0.4 is 0 Å². The van der Waals surface area contributed by atoms with Crippen molar-refractivity contribution in [3.63, 3.8) is 0 Å². The molecule has 1 aromatic heterocycles. The monoisotopic (exact) mass is 451 g/mol. The molecule has 7 nitrogen and oxygen atoms in total. The van der Waals surface area contributed by atoms with Crippen LogP contribution in [-0.2, 0) is 0 Å². The molecule has 0 spiro atoms. The number of aryl methyl sites for hydroxylation is 1. The summed E-state index contributed by atoms with van der Waals surface area (Å²) in [6.07, 6.45) is 7.02. The van der Waals surface area contributed by atoms with Crippen LogP contribution in [0, 0.1) is 35.8 Å². The van der Waals surface area contributed by atoms with Crippen LogP contribution in [0.25, 0.3) is 5.69 Å². The predicted molar refractivity (Wildman–Crippen MR) is 129 cm³/mol. The average molecular weight is 451 g/mol. The summed E-state index contributed by atoms with van der Waals surface area (Å²) in [4.78, 5) is 41.2. The van der Waals surface area contributed by atoms with Crippen LogP contribution >= 0.6 is 0 Å². The molecular weight excluding hydrogens is 430 g/mol. The van der Waals surface area contributed by atoms with Gasteiger partial charge in [0.1, 0.15) is 0 Å². The zero-order valence-electron chi connectivity index (χ0n) is 18.6. The van der Waals surface area contributed by atoms with Crippen LogP contribution in [0.3, 0.4) is 0 Å². The fourth-order valence-electron chi connectivity index (χ4n) is 4.72. The molecule has 2 aliphatic rings. The Kier molecular flexibility index (Phi) is 5.17. The molecule has 0 fully saturated rings. The molecule has 34 heavy (non-hydrogen) atoms. The molecule has 7 heteroatoms. The second-order valence-electron chi connectivity index (χ2n) is 8.47. The Labute approximate surface area is 195 Å². The largest absolute Gasteiger partial charge is 0.318 e. The minimum atomic E-state index is -0.558. The third-order valence-electron chi connectivity index (χ3n) is 6.40. The van der Waals surface area contributed by atoms with E-state index in [4.69, 9.17) is 0 Å². The highest BCUT2D eigenvalue weighted by molar-refractivity contribution is 6.17. The number of hydrogen-bond acceptors (Lipinski definition) is 5. The molecule has 0 saturated heterocycles. The Morgan fingerprint density at radius 3 is 2.38 bits per heavy atom. The van der Waals surface area contributed by atoms with E-state index < -0.39 is 16.8 Å². The number of nitro benzene ring substituents is 1. The molecule has 3 aromatic rings. The van der Waals surface area contributed by atoms with E-state index in [9.17, 15) is 19.7 Å². The molecule has 2 aromatic carbocycles. The number of non-ortho nitro benzene ring substituents is 1. The van der Waals surface area contributed by atoms with Gasteiger partial charge in [0.25, 0.3) is 5.69 Å². The summed E-state index contributed by atoms with van der Waals surface area (Å²) in [5.41, 5.74) is 4.94. The lowest BCUT2D eigenvalue weighted by Crippen LogP contribution is -2.35. The van der Waals surface area contributed by atoms with Crippen molar-refractivity contribution in [2.75, 3.05) is 0 Å². The zero-order chi connectivity index (χ0) is 24.0. The van der Waals surface area contributed by atoms with Gasteiger partial charge in [-0.15, -0.1) is 0 Å². The fraction of sp³-hybridized carbons (Fsp3) is 0.148. The van der Waals surface area contributed by atoms with Gasteiger partial charge in [-0.05, 0) is 38.1 Å². The van der Waals surface area contributed by atoms with E-state index in [-0.39, 0.29) is 17.3 Å². The van der Waals surface area contributed by atoms with E-state index in [2.05, 4.69) is 4.99 Å². The fourth-order valence-corrected chi connectivity index (χ4v) is 4.72. The van der Waals surface area contributed by atoms with Gasteiger partial charge in [0.15, 0.2) is 11.6 Å². The number of nitro groups is 1. The first-order valence-corrected chi connectivity index (χ1v) is 10.9. The summed E-state index contributed by atoms with van der Waals surface area (Å²) in [5.74, 6) is -1.17. The molecule has 2 atom stereocenters. The van der Waals surface area contributed by atoms with Crippen LogP contribution in [0.5, 0.6) is 0 Å². The normalized spacial score (nSPS) is 19.2. The summed E-state index contributed by atoms with van der Waals surface area (Å²) < 4.78 is 1.94. The van der Waals surface area contributed by atoms with Crippen LogP contribution in [-0.4, -0.2) is 27.3 Å². The van der Waals surface area contributed by atoms with E-state index in [1.165, 1.54) is 12.1 Å². The third kappa shape index (κ3) is 3.51. The lowest BCUT2D eigenvalue weighted by Gasteiger charge is -2.28. The number of aliphatic imine (C=N–C) groups is 1. The molecular formula is C27H21N3O4. The number of rotatable bonds is 4. The number of nitrogens with zero attached hydrogens (tertiary/aromatic N) is 3. The minimum Gasteiger partial charge on any atom is -0.318 e. The van der Waals surface area contributed by atoms with Gasteiger partial charge in [0.2, 0.25) is 0 Å². The highest BCUT2D eigenvalue weighted by Gasteiger charge is 2.40. The Hall–Kier alpha value is -4.39. The Morgan fingerprint density at radius 2 is 1.68 bits per heavy atom. The number of hydrogen-bond donors (Lipinski definition) is 0. The lowest BCUT2D eigenvalue weighted by molar-refractivity contribution is -0.384. The molecule has 0 N–H and O–H groups in total. The molecule has 0 radical (unpaired) electrons. The van der Waals surface area contributed by atoms with E-state index in [0.717, 1.165) is 17.0 Å². The van der Waals surface area contributed by atoms with Gasteiger partial charge in [0, 0.05) is 46.4 Å². The van der Waals surface area contributed by atoms with Crippen molar-refractivity contribution in [3.05, 3.63) is 117 Å². The molecule has 0 aliphatic heterocycles. The van der Waals surface area contributed by atoms with Crippen molar-refractivity contribution >= 4 is 23.5 Å². The van der Waals surface area contributed by atoms with Gasteiger partial charge in [-0.3, -0.25) is 24.7 Å². The smallest absolute Gasteiger partial charge is 0.271 e. The SMILES string of the molecule is Cc1cc(C=NC2=C[C@@H]3C(=O)c4ccccc4C(=O)[C@@H]3C=C2)c(C)n1-c1cccc([N+](=O)[O-])c1. The van der Waals surface area contributed by atoms with Crippen LogP contribution in [0.15, 0.2) is 83.5 Å². The number of carbonyl (C=O) groups is 2. The molecule has 168 valence electrons. The minimum absolute atomic E-state index is 0.0283. The molecule has 2 aliphatic carbocycles. The maximum absolute atomic E-state index is 13.0. The van der Waals surface area contributed by atoms with Gasteiger partial charge in [-0.1, -0.05) is 36.4 Å². The summed E-state index contributed by atoms with van der Waals surface area (Å²) in [6.45, 7) is 3.85. The number of aromatic nitrogens is 1. The molecule has 0 amide bonds. The maximum Gasteiger partial charge on any atom is 0.271 e. The molecule has 0 unspecified atom stereocenters.